The first-order chi connectivity index (χ1) is 7.91. The molecular weight excluding hydrogens is 310 g/mol. The fourth-order valence-electron chi connectivity index (χ4n) is 1.89. The van der Waals surface area contributed by atoms with Crippen molar-refractivity contribution in [3.8, 4) is 0 Å². The minimum atomic E-state index is -2.97. The molecule has 1 aliphatic heterocycles. The molecule has 1 N–H and O–H groups in total. The Morgan fingerprint density at radius 1 is 1.59 bits per heavy atom. The fraction of sp³-hybridized carbons (Fsp3) is 0.556. The van der Waals surface area contributed by atoms with E-state index in [-0.39, 0.29) is 23.1 Å². The summed E-state index contributed by atoms with van der Waals surface area (Å²) in [6.07, 6.45) is 1.32. The van der Waals surface area contributed by atoms with Gasteiger partial charge in [0, 0.05) is 12.6 Å². The molecule has 1 unspecified atom stereocenters. The maximum absolute atomic E-state index is 11.5. The number of sulfone groups is 1. The Morgan fingerprint density at radius 2 is 2.29 bits per heavy atom. The zero-order chi connectivity index (χ0) is 12.6. The van der Waals surface area contributed by atoms with Crippen LogP contribution in [-0.2, 0) is 9.84 Å². The fourth-order valence-corrected chi connectivity index (χ4v) is 3.89. The second-order valence-electron chi connectivity index (χ2n) is 4.03. The summed E-state index contributed by atoms with van der Waals surface area (Å²) in [5.41, 5.74) is -0.268. The van der Waals surface area contributed by atoms with Crippen molar-refractivity contribution in [1.82, 2.24) is 9.97 Å². The molecule has 6 nitrogen and oxygen atoms in total. The average Bonchev–Trinajstić information content (AvgIpc) is 2.22. The summed E-state index contributed by atoms with van der Waals surface area (Å²) in [6, 6.07) is -0.181. The summed E-state index contributed by atoms with van der Waals surface area (Å²) in [5.74, 6) is 0.683. The number of hydrogen-bond acceptors (Lipinski definition) is 5. The third-order valence-corrected chi connectivity index (χ3v) is 5.23. The Morgan fingerprint density at radius 3 is 2.94 bits per heavy atom. The normalized spacial score (nSPS) is 23.6. The monoisotopic (exact) mass is 321 g/mol. The minimum absolute atomic E-state index is 0.0912. The van der Waals surface area contributed by atoms with Crippen molar-refractivity contribution >= 4 is 31.6 Å². The quantitative estimate of drug-likeness (QED) is 0.796. The van der Waals surface area contributed by atoms with E-state index in [4.69, 9.17) is 0 Å². The second-order valence-corrected chi connectivity index (χ2v) is 7.05. The number of aromatic nitrogens is 2. The second kappa shape index (κ2) is 4.41. The number of H-pyrrole nitrogens is 1. The lowest BCUT2D eigenvalue weighted by atomic mass is 10.3. The van der Waals surface area contributed by atoms with Crippen molar-refractivity contribution in [1.29, 1.82) is 0 Å². The molecule has 1 saturated heterocycles. The summed E-state index contributed by atoms with van der Waals surface area (Å²) < 4.78 is 23.3. The van der Waals surface area contributed by atoms with E-state index in [0.29, 0.717) is 16.8 Å². The molecule has 1 aromatic rings. The molecule has 0 aromatic carbocycles. The molecule has 1 atom stereocenters. The highest BCUT2D eigenvalue weighted by Crippen LogP contribution is 2.24. The van der Waals surface area contributed by atoms with Gasteiger partial charge in [-0.15, -0.1) is 0 Å². The van der Waals surface area contributed by atoms with Gasteiger partial charge in [-0.3, -0.25) is 4.79 Å². The van der Waals surface area contributed by atoms with Gasteiger partial charge in [0.1, 0.15) is 4.47 Å². The van der Waals surface area contributed by atoms with Crippen molar-refractivity contribution in [3.63, 3.8) is 0 Å². The zero-order valence-corrected chi connectivity index (χ0v) is 11.6. The number of rotatable bonds is 1. The SMILES string of the molecule is CC1CS(=O)(=O)CCN1c1nc[nH]c(=O)c1Br. The summed E-state index contributed by atoms with van der Waals surface area (Å²) in [4.78, 5) is 19.8. The van der Waals surface area contributed by atoms with E-state index in [0.717, 1.165) is 0 Å². The van der Waals surface area contributed by atoms with Crippen LogP contribution in [-0.4, -0.2) is 42.5 Å². The maximum atomic E-state index is 11.5. The van der Waals surface area contributed by atoms with Gasteiger partial charge in [-0.25, -0.2) is 13.4 Å². The molecule has 8 heteroatoms. The lowest BCUT2D eigenvalue weighted by Crippen LogP contribution is -2.47. The van der Waals surface area contributed by atoms with E-state index in [9.17, 15) is 13.2 Å². The number of nitrogens with zero attached hydrogens (tertiary/aromatic N) is 2. The molecule has 1 fully saturated rings. The Balaban J connectivity index is 2.36. The van der Waals surface area contributed by atoms with Crippen molar-refractivity contribution in [3.05, 3.63) is 21.2 Å². The zero-order valence-electron chi connectivity index (χ0n) is 9.18. The van der Waals surface area contributed by atoms with E-state index in [1.165, 1.54) is 6.33 Å². The Kier molecular flexibility index (Phi) is 3.26. The summed E-state index contributed by atoms with van der Waals surface area (Å²) >= 11 is 3.17. The van der Waals surface area contributed by atoms with E-state index in [1.807, 2.05) is 11.8 Å². The summed E-state index contributed by atoms with van der Waals surface area (Å²) in [6.45, 7) is 2.17. The van der Waals surface area contributed by atoms with Gasteiger partial charge in [0.2, 0.25) is 0 Å². The van der Waals surface area contributed by atoms with E-state index >= 15 is 0 Å². The Bertz CT molecular complexity index is 583. The third kappa shape index (κ3) is 2.52. The molecule has 2 heterocycles. The van der Waals surface area contributed by atoms with Gasteiger partial charge in [0.25, 0.3) is 5.56 Å². The Labute approximate surface area is 107 Å². The van der Waals surface area contributed by atoms with Gasteiger partial charge in [-0.1, -0.05) is 0 Å². The minimum Gasteiger partial charge on any atom is -0.351 e. The Hall–Kier alpha value is -0.890. The van der Waals surface area contributed by atoms with Gasteiger partial charge in [-0.2, -0.15) is 0 Å². The molecule has 0 radical (unpaired) electrons. The van der Waals surface area contributed by atoms with Crippen LogP contribution in [0.5, 0.6) is 0 Å². The van der Waals surface area contributed by atoms with Crippen LogP contribution in [0.2, 0.25) is 0 Å². The number of aromatic amines is 1. The van der Waals surface area contributed by atoms with Crippen molar-refractivity contribution in [2.24, 2.45) is 0 Å². The lowest BCUT2D eigenvalue weighted by molar-refractivity contribution is 0.566. The van der Waals surface area contributed by atoms with E-state index < -0.39 is 9.84 Å². The highest BCUT2D eigenvalue weighted by atomic mass is 79.9. The first-order valence-corrected chi connectivity index (χ1v) is 7.72. The summed E-state index contributed by atoms with van der Waals surface area (Å²) in [5, 5.41) is 0. The first kappa shape index (κ1) is 12.6. The van der Waals surface area contributed by atoms with Crippen LogP contribution in [0.3, 0.4) is 0 Å². The first-order valence-electron chi connectivity index (χ1n) is 5.11. The summed E-state index contributed by atoms with van der Waals surface area (Å²) in [7, 11) is -2.97. The molecule has 0 spiro atoms. The van der Waals surface area contributed by atoms with Gasteiger partial charge < -0.3 is 9.88 Å². The van der Waals surface area contributed by atoms with Crippen LogP contribution < -0.4 is 10.5 Å². The lowest BCUT2D eigenvalue weighted by Gasteiger charge is -2.34. The van der Waals surface area contributed by atoms with E-state index in [1.54, 1.807) is 0 Å². The molecule has 0 saturated carbocycles. The molecular formula is C9H12BrN3O3S. The smallest absolute Gasteiger partial charge is 0.267 e. The molecule has 0 bridgehead atoms. The average molecular weight is 322 g/mol. The third-order valence-electron chi connectivity index (χ3n) is 2.72. The van der Waals surface area contributed by atoms with Crippen molar-refractivity contribution in [2.75, 3.05) is 23.0 Å². The predicted octanol–water partition coefficient (Wildman–Crippen LogP) is 0.156. The number of nitrogens with one attached hydrogen (secondary N) is 1. The molecule has 94 valence electrons. The molecule has 1 aliphatic rings. The molecule has 1 aromatic heterocycles. The number of hydrogen-bond donors (Lipinski definition) is 1. The predicted molar refractivity (Wildman–Crippen MR) is 68.0 cm³/mol. The van der Waals surface area contributed by atoms with Crippen LogP contribution in [0.1, 0.15) is 6.92 Å². The standard InChI is InChI=1S/C9H12BrN3O3S/c1-6-4-17(15,16)3-2-13(6)8-7(10)9(14)12-5-11-8/h5-6H,2-4H2,1H3,(H,11,12,14). The van der Waals surface area contributed by atoms with Gasteiger partial charge in [0.05, 0.1) is 17.8 Å². The van der Waals surface area contributed by atoms with Gasteiger partial charge >= 0.3 is 0 Å². The van der Waals surface area contributed by atoms with Crippen LogP contribution in [0.4, 0.5) is 5.82 Å². The van der Waals surface area contributed by atoms with Crippen LogP contribution in [0.15, 0.2) is 15.6 Å². The van der Waals surface area contributed by atoms with Crippen LogP contribution in [0.25, 0.3) is 0 Å². The van der Waals surface area contributed by atoms with Crippen molar-refractivity contribution in [2.45, 2.75) is 13.0 Å². The molecule has 0 amide bonds. The highest BCUT2D eigenvalue weighted by Gasteiger charge is 2.30. The number of halogens is 1. The highest BCUT2D eigenvalue weighted by molar-refractivity contribution is 9.10. The van der Waals surface area contributed by atoms with Crippen LogP contribution in [0, 0.1) is 0 Å². The maximum Gasteiger partial charge on any atom is 0.267 e. The van der Waals surface area contributed by atoms with Gasteiger partial charge in [0.15, 0.2) is 15.7 Å². The van der Waals surface area contributed by atoms with E-state index in [2.05, 4.69) is 25.9 Å². The van der Waals surface area contributed by atoms with Crippen LogP contribution >= 0.6 is 15.9 Å². The molecule has 2 rings (SSSR count). The van der Waals surface area contributed by atoms with Gasteiger partial charge in [-0.05, 0) is 22.9 Å². The van der Waals surface area contributed by atoms with Crippen molar-refractivity contribution < 1.29 is 8.42 Å². The largest absolute Gasteiger partial charge is 0.351 e. The number of anilines is 1. The topological polar surface area (TPSA) is 83.1 Å². The molecule has 0 aliphatic carbocycles. The molecule has 17 heavy (non-hydrogen) atoms.